The van der Waals surface area contributed by atoms with Gasteiger partial charge in [-0.05, 0) is 54.2 Å². The van der Waals surface area contributed by atoms with Crippen LogP contribution in [0.15, 0.2) is 61.1 Å². The standard InChI is InChI=1S/C16H22N4OS/c1-2-3-14(4-7-17)15(20-16(22)19-10-11-21)12-13-5-8-18-9-6-13/h2-9,15,21H,1,10-12,17H2,(H2,19,20,22)/b7-4-,14-3+. The highest BCUT2D eigenvalue weighted by Crippen LogP contribution is 2.11. The summed E-state index contributed by atoms with van der Waals surface area (Å²) in [6.45, 7) is 4.16. The molecule has 0 aliphatic carbocycles. The van der Waals surface area contributed by atoms with E-state index in [9.17, 15) is 0 Å². The maximum atomic E-state index is 8.85. The minimum atomic E-state index is -0.0705. The lowest BCUT2D eigenvalue weighted by atomic mass is 9.99. The van der Waals surface area contributed by atoms with E-state index in [0.717, 1.165) is 11.1 Å². The molecule has 118 valence electrons. The molecule has 5 N–H and O–H groups in total. The SMILES string of the molecule is C=C/C=C(\C=C/N)C(Cc1ccncc1)NC(=S)NCCO. The molecule has 0 fully saturated rings. The quantitative estimate of drug-likeness (QED) is 0.423. The Morgan fingerprint density at radius 3 is 2.77 bits per heavy atom. The Morgan fingerprint density at radius 1 is 1.45 bits per heavy atom. The van der Waals surface area contributed by atoms with Crippen molar-refractivity contribution in [3.8, 4) is 0 Å². The number of aromatic nitrogens is 1. The lowest BCUT2D eigenvalue weighted by Crippen LogP contribution is -2.44. The van der Waals surface area contributed by atoms with E-state index in [1.54, 1.807) is 18.5 Å². The van der Waals surface area contributed by atoms with Crippen LogP contribution in [-0.4, -0.2) is 34.4 Å². The van der Waals surface area contributed by atoms with Crippen molar-refractivity contribution in [3.63, 3.8) is 0 Å². The summed E-state index contributed by atoms with van der Waals surface area (Å²) in [5.74, 6) is 0. The molecule has 5 nitrogen and oxygen atoms in total. The average molecular weight is 318 g/mol. The number of nitrogens with two attached hydrogens (primary N) is 1. The molecule has 22 heavy (non-hydrogen) atoms. The van der Waals surface area contributed by atoms with Crippen molar-refractivity contribution in [1.29, 1.82) is 0 Å². The highest BCUT2D eigenvalue weighted by molar-refractivity contribution is 7.80. The van der Waals surface area contributed by atoms with Crippen molar-refractivity contribution >= 4 is 17.3 Å². The fourth-order valence-electron chi connectivity index (χ4n) is 1.92. The van der Waals surface area contributed by atoms with Crippen LogP contribution in [0.2, 0.25) is 0 Å². The molecule has 1 unspecified atom stereocenters. The van der Waals surface area contributed by atoms with Crippen molar-refractivity contribution in [1.82, 2.24) is 15.6 Å². The van der Waals surface area contributed by atoms with E-state index in [1.807, 2.05) is 24.3 Å². The van der Waals surface area contributed by atoms with Gasteiger partial charge in [0.1, 0.15) is 0 Å². The van der Waals surface area contributed by atoms with E-state index in [4.69, 9.17) is 23.1 Å². The first-order valence-electron chi connectivity index (χ1n) is 6.96. The van der Waals surface area contributed by atoms with Crippen molar-refractivity contribution in [3.05, 3.63) is 66.7 Å². The Bertz CT molecular complexity index is 528. The lowest BCUT2D eigenvalue weighted by molar-refractivity contribution is 0.300. The summed E-state index contributed by atoms with van der Waals surface area (Å²) in [5, 5.41) is 15.5. The highest BCUT2D eigenvalue weighted by atomic mass is 32.1. The molecule has 1 aromatic rings. The summed E-state index contributed by atoms with van der Waals surface area (Å²) in [7, 11) is 0. The summed E-state index contributed by atoms with van der Waals surface area (Å²) >= 11 is 5.25. The van der Waals surface area contributed by atoms with Crippen molar-refractivity contribution < 1.29 is 5.11 Å². The number of hydrogen-bond donors (Lipinski definition) is 4. The summed E-state index contributed by atoms with van der Waals surface area (Å²) in [4.78, 5) is 4.02. The number of hydrogen-bond acceptors (Lipinski definition) is 4. The number of thiocarbonyl (C=S) groups is 1. The molecule has 1 heterocycles. The molecule has 0 aromatic carbocycles. The van der Waals surface area contributed by atoms with Crippen molar-refractivity contribution in [2.24, 2.45) is 5.73 Å². The van der Waals surface area contributed by atoms with Crippen LogP contribution in [0.5, 0.6) is 0 Å². The van der Waals surface area contributed by atoms with Gasteiger partial charge in [-0.3, -0.25) is 4.98 Å². The highest BCUT2D eigenvalue weighted by Gasteiger charge is 2.14. The Balaban J connectivity index is 2.90. The van der Waals surface area contributed by atoms with Crippen LogP contribution >= 0.6 is 12.2 Å². The van der Waals surface area contributed by atoms with Crippen LogP contribution < -0.4 is 16.4 Å². The van der Waals surface area contributed by atoms with E-state index >= 15 is 0 Å². The minimum Gasteiger partial charge on any atom is -0.405 e. The molecule has 1 aromatic heterocycles. The maximum absolute atomic E-state index is 8.85. The predicted octanol–water partition coefficient (Wildman–Crippen LogP) is 1.03. The Hall–Kier alpha value is -2.18. The largest absolute Gasteiger partial charge is 0.405 e. The number of allylic oxidation sites excluding steroid dienone is 2. The number of nitrogens with zero attached hydrogens (tertiary/aromatic N) is 1. The van der Waals surface area contributed by atoms with Crippen LogP contribution in [0.1, 0.15) is 5.56 Å². The minimum absolute atomic E-state index is 0.0227. The smallest absolute Gasteiger partial charge is 0.166 e. The van der Waals surface area contributed by atoms with Gasteiger partial charge in [-0.25, -0.2) is 0 Å². The van der Waals surface area contributed by atoms with Crippen LogP contribution in [0.25, 0.3) is 0 Å². The molecular weight excluding hydrogens is 296 g/mol. The van der Waals surface area contributed by atoms with E-state index < -0.39 is 0 Å². The molecule has 0 aliphatic heterocycles. The van der Waals surface area contributed by atoms with Crippen molar-refractivity contribution in [2.75, 3.05) is 13.2 Å². The fourth-order valence-corrected chi connectivity index (χ4v) is 2.16. The second kappa shape index (κ2) is 10.5. The number of nitrogens with one attached hydrogen (secondary N) is 2. The van der Waals surface area contributed by atoms with Gasteiger partial charge in [0, 0.05) is 18.9 Å². The zero-order chi connectivity index (χ0) is 16.2. The van der Waals surface area contributed by atoms with Gasteiger partial charge < -0.3 is 21.5 Å². The summed E-state index contributed by atoms with van der Waals surface area (Å²) in [5.41, 5.74) is 7.61. The summed E-state index contributed by atoms with van der Waals surface area (Å²) < 4.78 is 0. The number of aliphatic hydroxyl groups excluding tert-OH is 1. The predicted molar refractivity (Wildman–Crippen MR) is 94.2 cm³/mol. The number of rotatable bonds is 8. The third-order valence-electron chi connectivity index (χ3n) is 2.89. The zero-order valence-electron chi connectivity index (χ0n) is 12.4. The molecule has 0 amide bonds. The van der Waals surface area contributed by atoms with Gasteiger partial charge in [-0.15, -0.1) is 0 Å². The Morgan fingerprint density at radius 2 is 2.18 bits per heavy atom. The summed E-state index contributed by atoms with van der Waals surface area (Å²) in [6.07, 6.45) is 11.1. The third-order valence-corrected chi connectivity index (χ3v) is 3.16. The molecule has 6 heteroatoms. The molecule has 0 radical (unpaired) electrons. The normalized spacial score (nSPS) is 12.9. The Labute approximate surface area is 136 Å². The van der Waals surface area contributed by atoms with Crippen LogP contribution in [0, 0.1) is 0 Å². The van der Waals surface area contributed by atoms with E-state index in [-0.39, 0.29) is 12.6 Å². The monoisotopic (exact) mass is 318 g/mol. The van der Waals surface area contributed by atoms with Gasteiger partial charge in [-0.2, -0.15) is 0 Å². The maximum Gasteiger partial charge on any atom is 0.166 e. The van der Waals surface area contributed by atoms with Crippen LogP contribution in [0.4, 0.5) is 0 Å². The van der Waals surface area contributed by atoms with E-state index in [2.05, 4.69) is 22.2 Å². The zero-order valence-corrected chi connectivity index (χ0v) is 13.2. The van der Waals surface area contributed by atoms with Gasteiger partial charge in [0.05, 0.1) is 12.6 Å². The van der Waals surface area contributed by atoms with Crippen molar-refractivity contribution in [2.45, 2.75) is 12.5 Å². The first kappa shape index (κ1) is 17.9. The molecule has 0 saturated heterocycles. The van der Waals surface area contributed by atoms with E-state index in [0.29, 0.717) is 18.1 Å². The third kappa shape index (κ3) is 6.51. The van der Waals surface area contributed by atoms with Gasteiger partial charge >= 0.3 is 0 Å². The first-order chi connectivity index (χ1) is 10.7. The molecule has 0 bridgehead atoms. The summed E-state index contributed by atoms with van der Waals surface area (Å²) in [6, 6.07) is 3.84. The number of pyridine rings is 1. The average Bonchev–Trinajstić information content (AvgIpc) is 2.53. The molecule has 0 aliphatic rings. The van der Waals surface area contributed by atoms with Gasteiger partial charge in [0.2, 0.25) is 0 Å². The lowest BCUT2D eigenvalue weighted by Gasteiger charge is -2.22. The Kier molecular flexibility index (Phi) is 8.56. The fraction of sp³-hybridized carbons (Fsp3) is 0.250. The van der Waals surface area contributed by atoms with Crippen LogP contribution in [-0.2, 0) is 6.42 Å². The molecule has 0 spiro atoms. The van der Waals surface area contributed by atoms with Crippen LogP contribution in [0.3, 0.4) is 0 Å². The molecule has 0 saturated carbocycles. The van der Waals surface area contributed by atoms with Gasteiger partial charge in [0.25, 0.3) is 0 Å². The van der Waals surface area contributed by atoms with E-state index in [1.165, 1.54) is 6.20 Å². The molecule has 1 atom stereocenters. The number of aliphatic hydroxyl groups is 1. The topological polar surface area (TPSA) is 83.2 Å². The molecule has 1 rings (SSSR count). The van der Waals surface area contributed by atoms with Gasteiger partial charge in [-0.1, -0.05) is 18.7 Å². The molecular formula is C16H22N4OS. The second-order valence-electron chi connectivity index (χ2n) is 4.50. The second-order valence-corrected chi connectivity index (χ2v) is 4.91. The van der Waals surface area contributed by atoms with Gasteiger partial charge in [0.15, 0.2) is 5.11 Å². The first-order valence-corrected chi connectivity index (χ1v) is 7.37.